The van der Waals surface area contributed by atoms with E-state index in [-0.39, 0.29) is 11.4 Å². The van der Waals surface area contributed by atoms with Crippen molar-refractivity contribution >= 4 is 6.29 Å². The first-order valence-electron chi connectivity index (χ1n) is 4.71. The molecule has 16 heavy (non-hydrogen) atoms. The van der Waals surface area contributed by atoms with E-state index in [1.807, 2.05) is 0 Å². The molecule has 0 aliphatic rings. The highest BCUT2D eigenvalue weighted by atomic mass is 19.1. The number of carbonyl (C=O) groups is 1. The summed E-state index contributed by atoms with van der Waals surface area (Å²) in [6.45, 7) is 0. The Labute approximate surface area is 91.3 Å². The van der Waals surface area contributed by atoms with Crippen LogP contribution in [-0.4, -0.2) is 6.29 Å². The molecule has 2 rings (SSSR count). The number of halogens is 2. The van der Waals surface area contributed by atoms with Gasteiger partial charge in [0, 0.05) is 11.1 Å². The van der Waals surface area contributed by atoms with Crippen molar-refractivity contribution < 1.29 is 13.6 Å². The van der Waals surface area contributed by atoms with E-state index in [0.29, 0.717) is 17.4 Å². The molecule has 0 saturated heterocycles. The van der Waals surface area contributed by atoms with Crippen LogP contribution in [0.4, 0.5) is 8.78 Å². The smallest absolute Gasteiger partial charge is 0.150 e. The average Bonchev–Trinajstić information content (AvgIpc) is 2.30. The fourth-order valence-corrected chi connectivity index (χ4v) is 1.47. The van der Waals surface area contributed by atoms with Crippen LogP contribution >= 0.6 is 0 Å². The van der Waals surface area contributed by atoms with E-state index < -0.39 is 5.82 Å². The molecule has 0 saturated carbocycles. The first-order chi connectivity index (χ1) is 7.70. The molecule has 0 radical (unpaired) electrons. The van der Waals surface area contributed by atoms with Crippen molar-refractivity contribution in [3.8, 4) is 11.1 Å². The summed E-state index contributed by atoms with van der Waals surface area (Å²) in [7, 11) is 0. The molecule has 3 heteroatoms. The quantitative estimate of drug-likeness (QED) is 0.705. The second kappa shape index (κ2) is 4.23. The normalized spacial score (nSPS) is 10.1. The summed E-state index contributed by atoms with van der Waals surface area (Å²) in [5.41, 5.74) is 1.21. The van der Waals surface area contributed by atoms with Gasteiger partial charge < -0.3 is 0 Å². The lowest BCUT2D eigenvalue weighted by atomic mass is 10.0. The summed E-state index contributed by atoms with van der Waals surface area (Å²) in [6, 6.07) is 9.71. The van der Waals surface area contributed by atoms with E-state index >= 15 is 0 Å². The van der Waals surface area contributed by atoms with Crippen LogP contribution in [0, 0.1) is 11.6 Å². The van der Waals surface area contributed by atoms with Crippen molar-refractivity contribution in [2.24, 2.45) is 0 Å². The summed E-state index contributed by atoms with van der Waals surface area (Å²) in [5.74, 6) is -0.857. The molecular weight excluding hydrogens is 210 g/mol. The third-order valence-electron chi connectivity index (χ3n) is 2.28. The molecule has 0 unspecified atom stereocenters. The molecule has 0 heterocycles. The molecule has 0 atom stereocenters. The van der Waals surface area contributed by atoms with Crippen LogP contribution in [0.15, 0.2) is 42.5 Å². The third-order valence-corrected chi connectivity index (χ3v) is 2.28. The second-order valence-electron chi connectivity index (χ2n) is 3.36. The molecule has 0 bridgehead atoms. The first-order valence-corrected chi connectivity index (χ1v) is 4.71. The van der Waals surface area contributed by atoms with Crippen molar-refractivity contribution in [1.29, 1.82) is 0 Å². The van der Waals surface area contributed by atoms with Gasteiger partial charge >= 0.3 is 0 Å². The predicted octanol–water partition coefficient (Wildman–Crippen LogP) is 3.44. The molecule has 0 aliphatic carbocycles. The van der Waals surface area contributed by atoms with Crippen LogP contribution in [0.5, 0.6) is 0 Å². The summed E-state index contributed by atoms with van der Waals surface area (Å²) >= 11 is 0. The predicted molar refractivity (Wildman–Crippen MR) is 57.2 cm³/mol. The lowest BCUT2D eigenvalue weighted by Crippen LogP contribution is -1.88. The fourth-order valence-electron chi connectivity index (χ4n) is 1.47. The minimum Gasteiger partial charge on any atom is -0.298 e. The number of hydrogen-bond donors (Lipinski definition) is 0. The van der Waals surface area contributed by atoms with Crippen molar-refractivity contribution in [3.63, 3.8) is 0 Å². The molecule has 80 valence electrons. The highest BCUT2D eigenvalue weighted by Crippen LogP contribution is 2.23. The van der Waals surface area contributed by atoms with E-state index in [1.165, 1.54) is 36.4 Å². The first kappa shape index (κ1) is 10.5. The zero-order valence-corrected chi connectivity index (χ0v) is 8.28. The van der Waals surface area contributed by atoms with E-state index in [4.69, 9.17) is 0 Å². The molecular formula is C13H8F2O. The van der Waals surface area contributed by atoms with Gasteiger partial charge in [-0.2, -0.15) is 0 Å². The lowest BCUT2D eigenvalue weighted by Gasteiger charge is -2.03. The minimum atomic E-state index is -0.490. The van der Waals surface area contributed by atoms with Gasteiger partial charge in [0.05, 0.1) is 0 Å². The van der Waals surface area contributed by atoms with Crippen LogP contribution in [0.25, 0.3) is 11.1 Å². The number of aldehydes is 1. The Balaban J connectivity index is 2.48. The summed E-state index contributed by atoms with van der Waals surface area (Å²) in [4.78, 5) is 10.4. The lowest BCUT2D eigenvalue weighted by molar-refractivity contribution is 0.112. The maximum atomic E-state index is 13.6. The van der Waals surface area contributed by atoms with E-state index in [1.54, 1.807) is 0 Å². The molecule has 1 nitrogen and oxygen atoms in total. The zero-order chi connectivity index (χ0) is 11.5. The van der Waals surface area contributed by atoms with Crippen LogP contribution in [0.1, 0.15) is 10.4 Å². The van der Waals surface area contributed by atoms with Gasteiger partial charge in [-0.05, 0) is 23.8 Å². The molecule has 0 aromatic heterocycles. The maximum absolute atomic E-state index is 13.6. The van der Waals surface area contributed by atoms with Crippen molar-refractivity contribution in [3.05, 3.63) is 59.7 Å². The SMILES string of the molecule is O=Cc1ccc(-c2ccc(F)cc2)c(F)c1. The van der Waals surface area contributed by atoms with E-state index in [9.17, 15) is 13.6 Å². The average molecular weight is 218 g/mol. The van der Waals surface area contributed by atoms with E-state index in [0.717, 1.165) is 6.07 Å². The number of carbonyl (C=O) groups excluding carboxylic acids is 1. The molecule has 0 spiro atoms. The van der Waals surface area contributed by atoms with Gasteiger partial charge in [-0.1, -0.05) is 24.3 Å². The Hall–Kier alpha value is -2.03. The van der Waals surface area contributed by atoms with Crippen LogP contribution < -0.4 is 0 Å². The summed E-state index contributed by atoms with van der Waals surface area (Å²) in [6.07, 6.45) is 0.581. The van der Waals surface area contributed by atoms with Gasteiger partial charge in [0.15, 0.2) is 0 Å². The van der Waals surface area contributed by atoms with Crippen molar-refractivity contribution in [2.75, 3.05) is 0 Å². The number of benzene rings is 2. The van der Waals surface area contributed by atoms with Gasteiger partial charge in [-0.3, -0.25) is 4.79 Å². The van der Waals surface area contributed by atoms with Gasteiger partial charge in [0.2, 0.25) is 0 Å². The second-order valence-corrected chi connectivity index (χ2v) is 3.36. The van der Waals surface area contributed by atoms with Crippen molar-refractivity contribution in [2.45, 2.75) is 0 Å². The standard InChI is InChI=1S/C13H8F2O/c14-11-4-2-10(3-5-11)12-6-1-9(8-16)7-13(12)15/h1-8H. The topological polar surface area (TPSA) is 17.1 Å². The largest absolute Gasteiger partial charge is 0.298 e. The molecule has 2 aromatic carbocycles. The molecule has 0 N–H and O–H groups in total. The van der Waals surface area contributed by atoms with Gasteiger partial charge in [0.1, 0.15) is 17.9 Å². The molecule has 2 aromatic rings. The third kappa shape index (κ3) is 1.98. The molecule has 0 amide bonds. The fraction of sp³-hybridized carbons (Fsp3) is 0. The maximum Gasteiger partial charge on any atom is 0.150 e. The summed E-state index contributed by atoms with van der Waals surface area (Å²) in [5, 5.41) is 0. The van der Waals surface area contributed by atoms with Crippen LogP contribution in [0.3, 0.4) is 0 Å². The Bertz CT molecular complexity index is 518. The van der Waals surface area contributed by atoms with E-state index in [2.05, 4.69) is 0 Å². The number of hydrogen-bond acceptors (Lipinski definition) is 1. The highest BCUT2D eigenvalue weighted by molar-refractivity contribution is 5.77. The van der Waals surface area contributed by atoms with Crippen LogP contribution in [0.2, 0.25) is 0 Å². The Morgan fingerprint density at radius 3 is 2.19 bits per heavy atom. The highest BCUT2D eigenvalue weighted by Gasteiger charge is 2.05. The number of rotatable bonds is 2. The monoisotopic (exact) mass is 218 g/mol. The zero-order valence-electron chi connectivity index (χ0n) is 8.28. The Morgan fingerprint density at radius 1 is 0.938 bits per heavy atom. The Kier molecular flexibility index (Phi) is 2.77. The summed E-state index contributed by atoms with van der Waals surface area (Å²) < 4.78 is 26.3. The van der Waals surface area contributed by atoms with Gasteiger partial charge in [-0.15, -0.1) is 0 Å². The molecule has 0 aliphatic heterocycles. The minimum absolute atomic E-state index is 0.281. The molecule has 0 fully saturated rings. The van der Waals surface area contributed by atoms with Crippen LogP contribution in [-0.2, 0) is 0 Å². The van der Waals surface area contributed by atoms with Crippen molar-refractivity contribution in [1.82, 2.24) is 0 Å². The van der Waals surface area contributed by atoms with Gasteiger partial charge in [0.25, 0.3) is 0 Å². The Morgan fingerprint density at radius 2 is 1.62 bits per heavy atom. The van der Waals surface area contributed by atoms with Gasteiger partial charge in [-0.25, -0.2) is 8.78 Å².